The van der Waals surface area contributed by atoms with E-state index in [1.165, 1.54) is 6.07 Å². The van der Waals surface area contributed by atoms with Crippen LogP contribution in [-0.2, 0) is 0 Å². The fourth-order valence-corrected chi connectivity index (χ4v) is 2.00. The maximum atomic E-state index is 13.0. The van der Waals surface area contributed by atoms with Crippen molar-refractivity contribution < 1.29 is 13.9 Å². The molecule has 0 radical (unpaired) electrons. The Balaban J connectivity index is 1.94. The third kappa shape index (κ3) is 2.82. The first kappa shape index (κ1) is 12.5. The Morgan fingerprint density at radius 2 is 2.06 bits per heavy atom. The summed E-state index contributed by atoms with van der Waals surface area (Å²) < 4.78 is 25.8. The van der Waals surface area contributed by atoms with E-state index in [4.69, 9.17) is 0 Å². The van der Waals surface area contributed by atoms with Crippen LogP contribution >= 0.6 is 0 Å². The average Bonchev–Trinajstić information content (AvgIpc) is 2.27. The van der Waals surface area contributed by atoms with Crippen molar-refractivity contribution >= 4 is 0 Å². The third-order valence-electron chi connectivity index (χ3n) is 3.47. The van der Waals surface area contributed by atoms with Gasteiger partial charge in [-0.05, 0) is 43.9 Å². The molecule has 2 rings (SSSR count). The minimum Gasteiger partial charge on any atom is -0.389 e. The molecule has 1 aromatic rings. The van der Waals surface area contributed by atoms with E-state index >= 15 is 0 Å². The van der Waals surface area contributed by atoms with Crippen LogP contribution in [0.5, 0.6) is 0 Å². The lowest BCUT2D eigenvalue weighted by atomic mass is 9.80. The van der Waals surface area contributed by atoms with Gasteiger partial charge in [0.15, 0.2) is 11.6 Å². The molecule has 0 amide bonds. The zero-order valence-corrected chi connectivity index (χ0v) is 9.84. The Morgan fingerprint density at radius 1 is 1.35 bits per heavy atom. The Bertz CT molecular complexity index is 404. The molecule has 2 nitrogen and oxygen atoms in total. The maximum absolute atomic E-state index is 13.0. The molecule has 17 heavy (non-hydrogen) atoms. The highest BCUT2D eigenvalue weighted by Gasteiger charge is 2.34. The van der Waals surface area contributed by atoms with Crippen LogP contribution in [-0.4, -0.2) is 17.3 Å². The van der Waals surface area contributed by atoms with Gasteiger partial charge in [0, 0.05) is 12.6 Å². The van der Waals surface area contributed by atoms with Crippen LogP contribution in [0.2, 0.25) is 0 Å². The van der Waals surface area contributed by atoms with E-state index in [0.717, 1.165) is 25.3 Å². The predicted molar refractivity (Wildman–Crippen MR) is 61.6 cm³/mol. The molecule has 1 aliphatic carbocycles. The van der Waals surface area contributed by atoms with Crippen molar-refractivity contribution in [2.24, 2.45) is 0 Å². The first-order valence-electron chi connectivity index (χ1n) is 5.91. The first-order chi connectivity index (χ1) is 8.00. The lowest BCUT2D eigenvalue weighted by Crippen LogP contribution is -2.46. The van der Waals surface area contributed by atoms with Gasteiger partial charge in [-0.2, -0.15) is 0 Å². The largest absolute Gasteiger partial charge is 0.389 e. The zero-order chi connectivity index (χ0) is 12.5. The van der Waals surface area contributed by atoms with E-state index in [1.807, 2.05) is 6.92 Å². The number of hydrogen-bond donors (Lipinski definition) is 2. The minimum atomic E-state index is -0.835. The number of benzene rings is 1. The molecule has 0 heterocycles. The van der Waals surface area contributed by atoms with Gasteiger partial charge in [0.05, 0.1) is 5.60 Å². The topological polar surface area (TPSA) is 32.3 Å². The van der Waals surface area contributed by atoms with Crippen LogP contribution in [0.1, 0.15) is 37.8 Å². The minimum absolute atomic E-state index is 0.102. The molecule has 1 atom stereocenters. The maximum Gasteiger partial charge on any atom is 0.159 e. The van der Waals surface area contributed by atoms with Gasteiger partial charge in [-0.15, -0.1) is 0 Å². The number of nitrogens with one attached hydrogen (secondary N) is 1. The van der Waals surface area contributed by atoms with Crippen molar-refractivity contribution in [1.82, 2.24) is 5.32 Å². The highest BCUT2D eigenvalue weighted by Crippen LogP contribution is 2.31. The van der Waals surface area contributed by atoms with E-state index in [9.17, 15) is 13.9 Å². The monoisotopic (exact) mass is 241 g/mol. The van der Waals surface area contributed by atoms with Gasteiger partial charge < -0.3 is 10.4 Å². The molecule has 1 fully saturated rings. The van der Waals surface area contributed by atoms with Crippen molar-refractivity contribution in [3.05, 3.63) is 35.4 Å². The second kappa shape index (κ2) is 4.70. The van der Waals surface area contributed by atoms with E-state index in [-0.39, 0.29) is 6.04 Å². The molecule has 1 aromatic carbocycles. The number of hydrogen-bond acceptors (Lipinski definition) is 2. The van der Waals surface area contributed by atoms with E-state index in [1.54, 1.807) is 6.07 Å². The van der Waals surface area contributed by atoms with Gasteiger partial charge in [-0.1, -0.05) is 6.07 Å². The Hall–Kier alpha value is -1.00. The van der Waals surface area contributed by atoms with E-state index < -0.39 is 17.2 Å². The summed E-state index contributed by atoms with van der Waals surface area (Å²) in [5.74, 6) is -1.67. The third-order valence-corrected chi connectivity index (χ3v) is 3.47. The molecule has 0 aromatic heterocycles. The summed E-state index contributed by atoms with van der Waals surface area (Å²) in [6, 6.07) is 3.77. The first-order valence-corrected chi connectivity index (χ1v) is 5.91. The Labute approximate surface area is 99.7 Å². The molecular formula is C13H17F2NO. The van der Waals surface area contributed by atoms with Gasteiger partial charge in [-0.3, -0.25) is 0 Å². The summed E-state index contributed by atoms with van der Waals surface area (Å²) in [7, 11) is 0. The number of rotatable bonds is 4. The molecule has 4 heteroatoms. The van der Waals surface area contributed by atoms with Crippen molar-refractivity contribution in [2.45, 2.75) is 37.8 Å². The van der Waals surface area contributed by atoms with Crippen LogP contribution in [0.3, 0.4) is 0 Å². The van der Waals surface area contributed by atoms with E-state index in [0.29, 0.717) is 12.1 Å². The second-order valence-electron chi connectivity index (χ2n) is 4.85. The summed E-state index contributed by atoms with van der Waals surface area (Å²) in [4.78, 5) is 0. The zero-order valence-electron chi connectivity index (χ0n) is 9.84. The summed E-state index contributed by atoms with van der Waals surface area (Å²) in [5, 5.41) is 13.1. The number of halogens is 2. The smallest absolute Gasteiger partial charge is 0.159 e. The van der Waals surface area contributed by atoms with Crippen molar-refractivity contribution in [3.63, 3.8) is 0 Å². The SMILES string of the molecule is CC(NCC1(O)CCC1)c1ccc(F)c(F)c1. The highest BCUT2D eigenvalue weighted by atomic mass is 19.2. The second-order valence-corrected chi connectivity index (χ2v) is 4.85. The normalized spacial score (nSPS) is 19.8. The molecule has 2 N–H and O–H groups in total. The van der Waals surface area contributed by atoms with Crippen LogP contribution < -0.4 is 5.32 Å². The van der Waals surface area contributed by atoms with Crippen LogP contribution in [0.4, 0.5) is 8.78 Å². The summed E-state index contributed by atoms with van der Waals surface area (Å²) in [6.07, 6.45) is 2.67. The van der Waals surface area contributed by atoms with Crippen molar-refractivity contribution in [1.29, 1.82) is 0 Å². The Morgan fingerprint density at radius 3 is 2.59 bits per heavy atom. The van der Waals surface area contributed by atoms with Gasteiger partial charge in [0.2, 0.25) is 0 Å². The van der Waals surface area contributed by atoms with Crippen molar-refractivity contribution in [2.75, 3.05) is 6.54 Å². The fraction of sp³-hybridized carbons (Fsp3) is 0.538. The average molecular weight is 241 g/mol. The summed E-state index contributed by atoms with van der Waals surface area (Å²) in [5.41, 5.74) is 0.0825. The quantitative estimate of drug-likeness (QED) is 0.849. The molecule has 0 spiro atoms. The standard InChI is InChI=1S/C13H17F2NO/c1-9(16-8-13(17)5-2-6-13)10-3-4-11(14)12(15)7-10/h3-4,7,9,16-17H,2,5-6,8H2,1H3. The van der Waals surface area contributed by atoms with Crippen LogP contribution in [0.25, 0.3) is 0 Å². The number of aliphatic hydroxyl groups is 1. The molecule has 1 saturated carbocycles. The van der Waals surface area contributed by atoms with Crippen LogP contribution in [0.15, 0.2) is 18.2 Å². The molecule has 1 unspecified atom stereocenters. The predicted octanol–water partition coefficient (Wildman–Crippen LogP) is 2.53. The van der Waals surface area contributed by atoms with Gasteiger partial charge >= 0.3 is 0 Å². The highest BCUT2D eigenvalue weighted by molar-refractivity contribution is 5.20. The Kier molecular flexibility index (Phi) is 3.45. The lowest BCUT2D eigenvalue weighted by molar-refractivity contribution is -0.0329. The lowest BCUT2D eigenvalue weighted by Gasteiger charge is -2.37. The van der Waals surface area contributed by atoms with Crippen LogP contribution in [0, 0.1) is 11.6 Å². The fourth-order valence-electron chi connectivity index (χ4n) is 2.00. The van der Waals surface area contributed by atoms with Gasteiger partial charge in [0.1, 0.15) is 0 Å². The van der Waals surface area contributed by atoms with Gasteiger partial charge in [0.25, 0.3) is 0 Å². The van der Waals surface area contributed by atoms with Gasteiger partial charge in [-0.25, -0.2) is 8.78 Å². The molecule has 1 aliphatic rings. The van der Waals surface area contributed by atoms with E-state index in [2.05, 4.69) is 5.32 Å². The molecule has 0 bridgehead atoms. The molecule has 0 aliphatic heterocycles. The molecule has 94 valence electrons. The molecular weight excluding hydrogens is 224 g/mol. The summed E-state index contributed by atoms with van der Waals surface area (Å²) >= 11 is 0. The van der Waals surface area contributed by atoms with Crippen molar-refractivity contribution in [3.8, 4) is 0 Å². The molecule has 0 saturated heterocycles. The summed E-state index contributed by atoms with van der Waals surface area (Å²) in [6.45, 7) is 2.36.